The molecule has 5 nitrogen and oxygen atoms in total. The lowest BCUT2D eigenvalue weighted by Gasteiger charge is -2.16. The van der Waals surface area contributed by atoms with E-state index in [1.54, 1.807) is 6.92 Å². The molecule has 0 aliphatic heterocycles. The van der Waals surface area contributed by atoms with E-state index < -0.39 is 6.04 Å². The van der Waals surface area contributed by atoms with Crippen LogP contribution in [0, 0.1) is 0 Å². The Morgan fingerprint density at radius 2 is 2.11 bits per heavy atom. The third-order valence-electron chi connectivity index (χ3n) is 3.16. The highest BCUT2D eigenvalue weighted by Crippen LogP contribution is 2.20. The van der Waals surface area contributed by atoms with Crippen LogP contribution in [-0.4, -0.2) is 21.5 Å². The molecule has 2 rings (SSSR count). The molecule has 0 saturated heterocycles. The van der Waals surface area contributed by atoms with Gasteiger partial charge >= 0.3 is 0 Å². The number of rotatable bonds is 4. The quantitative estimate of drug-likeness (QED) is 0.876. The summed E-state index contributed by atoms with van der Waals surface area (Å²) in [6.45, 7) is 6.48. The highest BCUT2D eigenvalue weighted by Gasteiger charge is 2.18. The van der Waals surface area contributed by atoms with Gasteiger partial charge in [-0.25, -0.2) is 4.98 Å². The smallest absolute Gasteiger partial charge is 0.237 e. The maximum Gasteiger partial charge on any atom is 0.237 e. The first-order valence-corrected chi connectivity index (χ1v) is 6.55. The van der Waals surface area contributed by atoms with E-state index in [1.807, 2.05) is 31.2 Å². The average molecular weight is 260 g/mol. The van der Waals surface area contributed by atoms with Crippen molar-refractivity contribution in [1.82, 2.24) is 14.9 Å². The normalized spacial score (nSPS) is 14.3. The predicted octanol–water partition coefficient (Wildman–Crippen LogP) is 1.58. The molecule has 0 saturated carbocycles. The second-order valence-corrected chi connectivity index (χ2v) is 4.72. The monoisotopic (exact) mass is 260 g/mol. The zero-order valence-corrected chi connectivity index (χ0v) is 11.6. The number of hydrogen-bond acceptors (Lipinski definition) is 3. The van der Waals surface area contributed by atoms with E-state index in [9.17, 15) is 4.79 Å². The Morgan fingerprint density at radius 1 is 1.42 bits per heavy atom. The number of para-hydroxylation sites is 2. The Bertz CT molecular complexity index is 588. The Morgan fingerprint density at radius 3 is 2.74 bits per heavy atom. The number of nitrogens with two attached hydrogens (primary N) is 1. The molecule has 1 heterocycles. The summed E-state index contributed by atoms with van der Waals surface area (Å²) in [7, 11) is 0. The first-order valence-electron chi connectivity index (χ1n) is 6.55. The Labute approximate surface area is 112 Å². The molecule has 2 aromatic rings. The fourth-order valence-corrected chi connectivity index (χ4v) is 2.17. The maximum atomic E-state index is 11.7. The van der Waals surface area contributed by atoms with Gasteiger partial charge in [0.1, 0.15) is 5.82 Å². The minimum absolute atomic E-state index is 0.161. The van der Waals surface area contributed by atoms with Gasteiger partial charge in [-0.3, -0.25) is 4.79 Å². The predicted molar refractivity (Wildman–Crippen MR) is 75.6 cm³/mol. The van der Waals surface area contributed by atoms with Gasteiger partial charge in [-0.1, -0.05) is 12.1 Å². The summed E-state index contributed by atoms with van der Waals surface area (Å²) >= 11 is 0. The molecule has 0 spiro atoms. The van der Waals surface area contributed by atoms with Gasteiger partial charge in [-0.2, -0.15) is 0 Å². The van der Waals surface area contributed by atoms with Crippen molar-refractivity contribution in [1.29, 1.82) is 0 Å². The molecule has 0 aliphatic carbocycles. The van der Waals surface area contributed by atoms with Gasteiger partial charge in [0, 0.05) is 6.54 Å². The third kappa shape index (κ3) is 2.61. The van der Waals surface area contributed by atoms with Gasteiger partial charge in [-0.15, -0.1) is 0 Å². The van der Waals surface area contributed by atoms with Gasteiger partial charge in [0.25, 0.3) is 0 Å². The summed E-state index contributed by atoms with van der Waals surface area (Å²) in [4.78, 5) is 16.3. The summed E-state index contributed by atoms with van der Waals surface area (Å²) in [6.07, 6.45) is 0. The van der Waals surface area contributed by atoms with E-state index in [1.165, 1.54) is 0 Å². The van der Waals surface area contributed by atoms with Crippen molar-refractivity contribution in [2.45, 2.75) is 39.4 Å². The molecule has 1 aromatic carbocycles. The van der Waals surface area contributed by atoms with Crippen LogP contribution in [0.25, 0.3) is 11.0 Å². The van der Waals surface area contributed by atoms with Gasteiger partial charge in [0.2, 0.25) is 5.91 Å². The fraction of sp³-hybridized carbons (Fsp3) is 0.429. The van der Waals surface area contributed by atoms with Crippen molar-refractivity contribution in [3.8, 4) is 0 Å². The van der Waals surface area contributed by atoms with Crippen molar-refractivity contribution < 1.29 is 4.79 Å². The molecule has 1 unspecified atom stereocenters. The van der Waals surface area contributed by atoms with Crippen LogP contribution in [0.2, 0.25) is 0 Å². The van der Waals surface area contributed by atoms with Crippen LogP contribution in [-0.2, 0) is 11.3 Å². The Kier molecular flexibility index (Phi) is 3.85. The van der Waals surface area contributed by atoms with Gasteiger partial charge in [0.15, 0.2) is 0 Å². The van der Waals surface area contributed by atoms with Crippen LogP contribution in [0.15, 0.2) is 24.3 Å². The molecule has 0 fully saturated rings. The summed E-state index contributed by atoms with van der Waals surface area (Å²) in [5.74, 6) is 0.694. The zero-order valence-electron chi connectivity index (χ0n) is 11.6. The lowest BCUT2D eigenvalue weighted by molar-refractivity contribution is -0.122. The molecule has 5 heteroatoms. The van der Waals surface area contributed by atoms with Crippen LogP contribution in [0.5, 0.6) is 0 Å². The minimum atomic E-state index is -0.512. The molecule has 102 valence electrons. The van der Waals surface area contributed by atoms with E-state index >= 15 is 0 Å². The van der Waals surface area contributed by atoms with E-state index in [4.69, 9.17) is 5.73 Å². The first-order chi connectivity index (χ1) is 9.04. The third-order valence-corrected chi connectivity index (χ3v) is 3.16. The van der Waals surface area contributed by atoms with Gasteiger partial charge < -0.3 is 15.6 Å². The van der Waals surface area contributed by atoms with Crippen LogP contribution in [0.1, 0.15) is 32.6 Å². The summed E-state index contributed by atoms with van der Waals surface area (Å²) in [5.41, 5.74) is 7.60. The van der Waals surface area contributed by atoms with Crippen molar-refractivity contribution >= 4 is 16.9 Å². The molecular weight excluding hydrogens is 240 g/mol. The number of fused-ring (bicyclic) bond motifs is 1. The number of nitrogens with one attached hydrogen (secondary N) is 1. The molecule has 1 amide bonds. The topological polar surface area (TPSA) is 72.9 Å². The fourth-order valence-electron chi connectivity index (χ4n) is 2.17. The largest absolute Gasteiger partial charge is 0.345 e. The van der Waals surface area contributed by atoms with Crippen molar-refractivity contribution in [2.24, 2.45) is 5.73 Å². The summed E-state index contributed by atoms with van der Waals surface area (Å²) in [6, 6.07) is 7.29. The minimum Gasteiger partial charge on any atom is -0.345 e. The molecule has 19 heavy (non-hydrogen) atoms. The van der Waals surface area contributed by atoms with E-state index in [2.05, 4.69) is 21.8 Å². The Hall–Kier alpha value is -1.88. The number of carbonyl (C=O) groups excluding carboxylic acids is 1. The van der Waals surface area contributed by atoms with Crippen molar-refractivity contribution in [2.75, 3.05) is 0 Å². The number of aromatic nitrogens is 2. The average Bonchev–Trinajstić information content (AvgIpc) is 2.76. The number of benzene rings is 1. The number of aryl methyl sites for hydroxylation is 1. The second-order valence-electron chi connectivity index (χ2n) is 4.72. The zero-order chi connectivity index (χ0) is 14.0. The van der Waals surface area contributed by atoms with E-state index in [0.29, 0.717) is 0 Å². The number of amides is 1. The number of imidazole rings is 1. The second kappa shape index (κ2) is 5.40. The first kappa shape index (κ1) is 13.5. The van der Waals surface area contributed by atoms with Crippen LogP contribution in [0.3, 0.4) is 0 Å². The standard InChI is InChI=1S/C14H20N4O/c1-4-18-12-8-6-5-7-11(12)17-13(18)10(3)16-14(19)9(2)15/h5-10H,4,15H2,1-3H3,(H,16,19)/t9-,10?/m1/s1. The highest BCUT2D eigenvalue weighted by atomic mass is 16.2. The van der Waals surface area contributed by atoms with E-state index in [0.717, 1.165) is 23.4 Å². The maximum absolute atomic E-state index is 11.7. The summed E-state index contributed by atoms with van der Waals surface area (Å²) in [5, 5.41) is 2.88. The SMILES string of the molecule is CCn1c(C(C)NC(=O)[C@@H](C)N)nc2ccccc21. The molecule has 2 atom stereocenters. The molecule has 0 radical (unpaired) electrons. The number of carbonyl (C=O) groups is 1. The highest BCUT2D eigenvalue weighted by molar-refractivity contribution is 5.81. The molecular formula is C14H20N4O. The number of hydrogen-bond donors (Lipinski definition) is 2. The summed E-state index contributed by atoms with van der Waals surface area (Å²) < 4.78 is 2.11. The van der Waals surface area contributed by atoms with Crippen molar-refractivity contribution in [3.05, 3.63) is 30.1 Å². The molecule has 1 aromatic heterocycles. The molecule has 3 N–H and O–H groups in total. The van der Waals surface area contributed by atoms with Crippen molar-refractivity contribution in [3.63, 3.8) is 0 Å². The van der Waals surface area contributed by atoms with Gasteiger partial charge in [0.05, 0.1) is 23.1 Å². The number of nitrogens with zero attached hydrogens (tertiary/aromatic N) is 2. The lowest BCUT2D eigenvalue weighted by Crippen LogP contribution is -2.40. The van der Waals surface area contributed by atoms with Crippen LogP contribution in [0.4, 0.5) is 0 Å². The van der Waals surface area contributed by atoms with Gasteiger partial charge in [-0.05, 0) is 32.9 Å². The van der Waals surface area contributed by atoms with Crippen LogP contribution >= 0.6 is 0 Å². The molecule has 0 bridgehead atoms. The van der Waals surface area contributed by atoms with E-state index in [-0.39, 0.29) is 11.9 Å². The Balaban J connectivity index is 2.36. The van der Waals surface area contributed by atoms with Crippen LogP contribution < -0.4 is 11.1 Å². The lowest BCUT2D eigenvalue weighted by atomic mass is 10.2. The molecule has 0 aliphatic rings.